The Balaban J connectivity index is 1.74. The Hall–Kier alpha value is -2.24. The lowest BCUT2D eigenvalue weighted by molar-refractivity contribution is -0.127. The van der Waals surface area contributed by atoms with Gasteiger partial charge in [-0.15, -0.1) is 11.3 Å². The molecule has 0 aliphatic heterocycles. The number of rotatable bonds is 6. The van der Waals surface area contributed by atoms with Crippen molar-refractivity contribution in [2.75, 3.05) is 0 Å². The molecule has 0 bridgehead atoms. The summed E-state index contributed by atoms with van der Waals surface area (Å²) >= 11 is 3.26. The van der Waals surface area contributed by atoms with E-state index in [1.165, 1.54) is 0 Å². The third-order valence-electron chi connectivity index (χ3n) is 3.28. The van der Waals surface area contributed by atoms with Crippen molar-refractivity contribution in [3.8, 4) is 0 Å². The maximum atomic E-state index is 12.6. The molecule has 0 aliphatic carbocycles. The number of amides is 1. The van der Waals surface area contributed by atoms with Crippen LogP contribution in [0.2, 0.25) is 0 Å². The zero-order chi connectivity index (χ0) is 15.9. The Kier molecular flexibility index (Phi) is 5.34. The van der Waals surface area contributed by atoms with E-state index in [1.807, 2.05) is 58.1 Å². The summed E-state index contributed by atoms with van der Waals surface area (Å²) in [5.41, 5.74) is 2.03. The average molecular weight is 340 g/mol. The molecule has 3 nitrogen and oxygen atoms in total. The molecule has 1 amide bonds. The van der Waals surface area contributed by atoms with Crippen molar-refractivity contribution < 1.29 is 4.79 Å². The van der Waals surface area contributed by atoms with E-state index >= 15 is 0 Å². The molecule has 0 unspecified atom stereocenters. The van der Waals surface area contributed by atoms with Gasteiger partial charge < -0.3 is 4.90 Å². The fourth-order valence-corrected chi connectivity index (χ4v) is 3.42. The molecule has 0 spiro atoms. The first kappa shape index (κ1) is 15.6. The SMILES string of the molecule is O=C(/C=C/c1cccs1)N(Cc1ccsc1)Cc1ccccn1. The van der Waals surface area contributed by atoms with Gasteiger partial charge in [0, 0.05) is 23.7 Å². The summed E-state index contributed by atoms with van der Waals surface area (Å²) in [6.45, 7) is 1.10. The Labute approximate surface area is 143 Å². The molecule has 0 aromatic carbocycles. The molecule has 0 aliphatic rings. The van der Waals surface area contributed by atoms with Crippen molar-refractivity contribution in [3.63, 3.8) is 0 Å². The molecule has 3 aromatic heterocycles. The van der Waals surface area contributed by atoms with Gasteiger partial charge in [0.15, 0.2) is 0 Å². The van der Waals surface area contributed by atoms with E-state index in [9.17, 15) is 4.79 Å². The van der Waals surface area contributed by atoms with Crippen LogP contribution in [0.4, 0.5) is 0 Å². The number of carbonyl (C=O) groups excluding carboxylic acids is 1. The second-order valence-corrected chi connectivity index (χ2v) is 6.76. The first-order valence-electron chi connectivity index (χ1n) is 7.23. The highest BCUT2D eigenvalue weighted by Gasteiger charge is 2.13. The van der Waals surface area contributed by atoms with Crippen molar-refractivity contribution in [1.29, 1.82) is 0 Å². The van der Waals surface area contributed by atoms with Gasteiger partial charge in [-0.3, -0.25) is 9.78 Å². The van der Waals surface area contributed by atoms with Crippen LogP contribution in [0.1, 0.15) is 16.1 Å². The maximum absolute atomic E-state index is 12.6. The number of thiophene rings is 2. The van der Waals surface area contributed by atoms with Gasteiger partial charge in [0.2, 0.25) is 5.91 Å². The van der Waals surface area contributed by atoms with Crippen LogP contribution in [0.3, 0.4) is 0 Å². The Morgan fingerprint density at radius 1 is 1.13 bits per heavy atom. The highest BCUT2D eigenvalue weighted by Crippen LogP contribution is 2.14. The molecular weight excluding hydrogens is 324 g/mol. The zero-order valence-corrected chi connectivity index (χ0v) is 14.1. The fourth-order valence-electron chi connectivity index (χ4n) is 2.15. The van der Waals surface area contributed by atoms with Crippen LogP contribution in [0.15, 0.2) is 64.8 Å². The summed E-state index contributed by atoms with van der Waals surface area (Å²) in [4.78, 5) is 19.8. The van der Waals surface area contributed by atoms with Crippen molar-refractivity contribution in [3.05, 3.63) is 80.9 Å². The quantitative estimate of drug-likeness (QED) is 0.621. The highest BCUT2D eigenvalue weighted by atomic mass is 32.1. The molecule has 0 saturated carbocycles. The number of nitrogens with zero attached hydrogens (tertiary/aromatic N) is 2. The molecule has 3 rings (SSSR count). The molecule has 0 saturated heterocycles. The van der Waals surface area contributed by atoms with Gasteiger partial charge in [-0.25, -0.2) is 0 Å². The lowest BCUT2D eigenvalue weighted by Crippen LogP contribution is -2.28. The van der Waals surface area contributed by atoms with Crippen LogP contribution in [0.25, 0.3) is 6.08 Å². The van der Waals surface area contributed by atoms with E-state index in [0.717, 1.165) is 16.1 Å². The molecule has 116 valence electrons. The number of hydrogen-bond donors (Lipinski definition) is 0. The summed E-state index contributed by atoms with van der Waals surface area (Å²) in [5, 5.41) is 6.10. The summed E-state index contributed by atoms with van der Waals surface area (Å²) < 4.78 is 0. The topological polar surface area (TPSA) is 33.2 Å². The largest absolute Gasteiger partial charge is 0.329 e. The monoisotopic (exact) mass is 340 g/mol. The first-order valence-corrected chi connectivity index (χ1v) is 9.05. The van der Waals surface area contributed by atoms with Crippen LogP contribution >= 0.6 is 22.7 Å². The number of hydrogen-bond acceptors (Lipinski definition) is 4. The number of pyridine rings is 1. The summed E-state index contributed by atoms with van der Waals surface area (Å²) in [5.74, 6) is -0.00440. The molecular formula is C18H16N2OS2. The minimum atomic E-state index is -0.00440. The normalized spacial score (nSPS) is 11.0. The minimum absolute atomic E-state index is 0.00440. The maximum Gasteiger partial charge on any atom is 0.247 e. The smallest absolute Gasteiger partial charge is 0.247 e. The van der Waals surface area contributed by atoms with E-state index in [-0.39, 0.29) is 5.91 Å². The molecule has 0 atom stereocenters. The average Bonchev–Trinajstić information content (AvgIpc) is 3.26. The third-order valence-corrected chi connectivity index (χ3v) is 4.85. The standard InChI is InChI=1S/C18H16N2OS2/c21-18(7-6-17-5-3-10-23-17)20(12-15-8-11-22-14-15)13-16-4-1-2-9-19-16/h1-11,14H,12-13H2/b7-6+. The van der Waals surface area contributed by atoms with Gasteiger partial charge in [0.05, 0.1) is 12.2 Å². The van der Waals surface area contributed by atoms with E-state index in [0.29, 0.717) is 13.1 Å². The molecule has 3 heterocycles. The van der Waals surface area contributed by atoms with E-state index in [1.54, 1.807) is 34.9 Å². The zero-order valence-electron chi connectivity index (χ0n) is 12.5. The predicted molar refractivity (Wildman–Crippen MR) is 96.2 cm³/mol. The van der Waals surface area contributed by atoms with Gasteiger partial charge in [-0.1, -0.05) is 12.1 Å². The van der Waals surface area contributed by atoms with Crippen molar-refractivity contribution >= 4 is 34.7 Å². The molecule has 3 aromatic rings. The first-order chi connectivity index (χ1) is 11.3. The number of aromatic nitrogens is 1. The van der Waals surface area contributed by atoms with E-state index in [2.05, 4.69) is 10.4 Å². The minimum Gasteiger partial charge on any atom is -0.329 e. The van der Waals surface area contributed by atoms with E-state index < -0.39 is 0 Å². The third kappa shape index (κ3) is 4.61. The van der Waals surface area contributed by atoms with Crippen molar-refractivity contribution in [2.24, 2.45) is 0 Å². The fraction of sp³-hybridized carbons (Fsp3) is 0.111. The Bertz CT molecular complexity index is 750. The van der Waals surface area contributed by atoms with Crippen molar-refractivity contribution in [1.82, 2.24) is 9.88 Å². The van der Waals surface area contributed by atoms with Crippen LogP contribution in [-0.4, -0.2) is 15.8 Å². The Morgan fingerprint density at radius 3 is 2.78 bits per heavy atom. The molecule has 23 heavy (non-hydrogen) atoms. The van der Waals surface area contributed by atoms with Gasteiger partial charge in [-0.05, 0) is 52.0 Å². The molecule has 0 N–H and O–H groups in total. The second-order valence-electron chi connectivity index (χ2n) is 5.00. The molecule has 0 fully saturated rings. The highest BCUT2D eigenvalue weighted by molar-refractivity contribution is 7.10. The summed E-state index contributed by atoms with van der Waals surface area (Å²) in [6, 6.07) is 11.8. The van der Waals surface area contributed by atoms with Crippen LogP contribution < -0.4 is 0 Å². The molecule has 5 heteroatoms. The van der Waals surface area contributed by atoms with Crippen LogP contribution in [0.5, 0.6) is 0 Å². The predicted octanol–water partition coefficient (Wildman–Crippen LogP) is 4.45. The second kappa shape index (κ2) is 7.85. The van der Waals surface area contributed by atoms with Gasteiger partial charge in [-0.2, -0.15) is 11.3 Å². The Morgan fingerprint density at radius 2 is 2.09 bits per heavy atom. The lowest BCUT2D eigenvalue weighted by Gasteiger charge is -2.20. The van der Waals surface area contributed by atoms with Crippen LogP contribution in [0, 0.1) is 0 Å². The van der Waals surface area contributed by atoms with E-state index in [4.69, 9.17) is 0 Å². The van der Waals surface area contributed by atoms with Crippen LogP contribution in [-0.2, 0) is 17.9 Å². The van der Waals surface area contributed by atoms with Gasteiger partial charge in [0.25, 0.3) is 0 Å². The summed E-state index contributed by atoms with van der Waals surface area (Å²) in [6.07, 6.45) is 5.26. The molecule has 0 radical (unpaired) electrons. The lowest BCUT2D eigenvalue weighted by atomic mass is 10.2. The van der Waals surface area contributed by atoms with Crippen molar-refractivity contribution in [2.45, 2.75) is 13.1 Å². The van der Waals surface area contributed by atoms with Gasteiger partial charge >= 0.3 is 0 Å². The summed E-state index contributed by atoms with van der Waals surface area (Å²) in [7, 11) is 0. The van der Waals surface area contributed by atoms with Gasteiger partial charge in [0.1, 0.15) is 0 Å². The number of carbonyl (C=O) groups is 1.